The molecule has 1 fully saturated rings. The molecule has 2 amide bonds. The van der Waals surface area contributed by atoms with E-state index in [1.165, 1.54) is 36.9 Å². The van der Waals surface area contributed by atoms with Gasteiger partial charge in [-0.2, -0.15) is 0 Å². The van der Waals surface area contributed by atoms with Crippen molar-refractivity contribution in [1.82, 2.24) is 9.88 Å². The lowest BCUT2D eigenvalue weighted by Gasteiger charge is -2.25. The predicted octanol–water partition coefficient (Wildman–Crippen LogP) is 4.23. The summed E-state index contributed by atoms with van der Waals surface area (Å²) in [5, 5.41) is 8.16. The zero-order valence-electron chi connectivity index (χ0n) is 15.9. The molecule has 0 bridgehead atoms. The van der Waals surface area contributed by atoms with Crippen molar-refractivity contribution < 1.29 is 14.0 Å². The van der Waals surface area contributed by atoms with Gasteiger partial charge < -0.3 is 9.73 Å². The lowest BCUT2D eigenvalue weighted by atomic mass is 10.1. The first-order chi connectivity index (χ1) is 14.2. The van der Waals surface area contributed by atoms with E-state index in [4.69, 9.17) is 4.42 Å². The van der Waals surface area contributed by atoms with Crippen LogP contribution < -0.4 is 10.6 Å². The fourth-order valence-electron chi connectivity index (χ4n) is 3.26. The molecule has 8 heteroatoms. The molecule has 0 radical (unpaired) electrons. The normalized spacial score (nSPS) is 14.5. The minimum Gasteiger partial charge on any atom is -0.459 e. The van der Waals surface area contributed by atoms with Gasteiger partial charge in [0.1, 0.15) is 0 Å². The molecule has 3 heterocycles. The molecule has 0 aliphatic carbocycles. The molecule has 7 nitrogen and oxygen atoms in total. The summed E-state index contributed by atoms with van der Waals surface area (Å²) in [7, 11) is 0. The van der Waals surface area contributed by atoms with Crippen molar-refractivity contribution in [1.29, 1.82) is 0 Å². The quantitative estimate of drug-likeness (QED) is 0.635. The Bertz CT molecular complexity index is 960. The maximum Gasteiger partial charge on any atom is 0.291 e. The molecule has 150 valence electrons. The zero-order valence-corrected chi connectivity index (χ0v) is 16.7. The Morgan fingerprint density at radius 2 is 1.83 bits per heavy atom. The largest absolute Gasteiger partial charge is 0.459 e. The highest BCUT2D eigenvalue weighted by molar-refractivity contribution is 7.14. The number of anilines is 2. The summed E-state index contributed by atoms with van der Waals surface area (Å²) in [6.07, 6.45) is 5.23. The number of furan rings is 1. The predicted molar refractivity (Wildman–Crippen MR) is 112 cm³/mol. The van der Waals surface area contributed by atoms with Crippen LogP contribution in [0.3, 0.4) is 0 Å². The van der Waals surface area contributed by atoms with Gasteiger partial charge in [0, 0.05) is 23.2 Å². The number of hydrogen-bond donors (Lipinski definition) is 2. The highest BCUT2D eigenvalue weighted by Gasteiger charge is 2.14. The number of nitrogens with one attached hydrogen (secondary N) is 2. The van der Waals surface area contributed by atoms with Crippen LogP contribution in [-0.2, 0) is 6.54 Å². The summed E-state index contributed by atoms with van der Waals surface area (Å²) < 4.78 is 5.06. The third kappa shape index (κ3) is 5.10. The molecule has 1 aliphatic rings. The Morgan fingerprint density at radius 3 is 2.55 bits per heavy atom. The van der Waals surface area contributed by atoms with Gasteiger partial charge in [-0.15, -0.1) is 11.3 Å². The van der Waals surface area contributed by atoms with Crippen LogP contribution in [0.2, 0.25) is 0 Å². The lowest BCUT2D eigenvalue weighted by Crippen LogP contribution is -2.29. The molecule has 4 rings (SSSR count). The summed E-state index contributed by atoms with van der Waals surface area (Å²) in [6.45, 7) is 3.06. The second-order valence-corrected chi connectivity index (χ2v) is 7.80. The van der Waals surface area contributed by atoms with E-state index in [-0.39, 0.29) is 17.6 Å². The number of likely N-dealkylation sites (tertiary alicyclic amines) is 1. The van der Waals surface area contributed by atoms with E-state index in [1.807, 2.05) is 5.38 Å². The molecule has 1 aromatic carbocycles. The van der Waals surface area contributed by atoms with Crippen molar-refractivity contribution in [2.75, 3.05) is 23.7 Å². The second-order valence-electron chi connectivity index (χ2n) is 6.94. The first-order valence-electron chi connectivity index (χ1n) is 9.60. The van der Waals surface area contributed by atoms with Gasteiger partial charge in [0.2, 0.25) is 0 Å². The molecule has 2 aromatic heterocycles. The van der Waals surface area contributed by atoms with Gasteiger partial charge >= 0.3 is 0 Å². The van der Waals surface area contributed by atoms with Gasteiger partial charge in [0.15, 0.2) is 10.9 Å². The third-order valence-electron chi connectivity index (χ3n) is 4.76. The van der Waals surface area contributed by atoms with E-state index < -0.39 is 0 Å². The van der Waals surface area contributed by atoms with Crippen LogP contribution in [0.5, 0.6) is 0 Å². The van der Waals surface area contributed by atoms with Gasteiger partial charge in [0.25, 0.3) is 11.8 Å². The van der Waals surface area contributed by atoms with E-state index in [0.717, 1.165) is 25.3 Å². The number of rotatable bonds is 6. The van der Waals surface area contributed by atoms with Gasteiger partial charge in [-0.05, 0) is 62.3 Å². The Balaban J connectivity index is 1.32. The summed E-state index contributed by atoms with van der Waals surface area (Å²) in [5.41, 5.74) is 2.07. The molecule has 0 unspecified atom stereocenters. The standard InChI is InChI=1S/C21H22N4O3S/c26-19(24-21-23-17(14-29-21)13-25-10-2-1-3-11-25)15-6-8-16(9-7-15)22-20(27)18-5-4-12-28-18/h4-9,12,14H,1-3,10-11,13H2,(H,22,27)(H,23,24,26). The monoisotopic (exact) mass is 410 g/mol. The van der Waals surface area contributed by atoms with E-state index in [1.54, 1.807) is 36.4 Å². The molecule has 1 saturated heterocycles. The summed E-state index contributed by atoms with van der Waals surface area (Å²) in [4.78, 5) is 31.4. The van der Waals surface area contributed by atoms with E-state index in [2.05, 4.69) is 20.5 Å². The molecule has 29 heavy (non-hydrogen) atoms. The van der Waals surface area contributed by atoms with Crippen molar-refractivity contribution in [2.45, 2.75) is 25.8 Å². The molecule has 0 atom stereocenters. The zero-order chi connectivity index (χ0) is 20.1. The lowest BCUT2D eigenvalue weighted by molar-refractivity contribution is 0.0995. The Kier molecular flexibility index (Phi) is 6.02. The van der Waals surface area contributed by atoms with Crippen molar-refractivity contribution >= 4 is 34.0 Å². The van der Waals surface area contributed by atoms with Crippen molar-refractivity contribution in [2.24, 2.45) is 0 Å². The number of piperidine rings is 1. The van der Waals surface area contributed by atoms with E-state index in [9.17, 15) is 9.59 Å². The molecular formula is C21H22N4O3S. The van der Waals surface area contributed by atoms with Crippen LogP contribution in [0.15, 0.2) is 52.5 Å². The fraction of sp³-hybridized carbons (Fsp3) is 0.286. The van der Waals surface area contributed by atoms with E-state index in [0.29, 0.717) is 16.4 Å². The van der Waals surface area contributed by atoms with Gasteiger partial charge in [0.05, 0.1) is 12.0 Å². The number of carbonyl (C=O) groups is 2. The maximum atomic E-state index is 12.5. The summed E-state index contributed by atoms with van der Waals surface area (Å²) in [6, 6.07) is 9.92. The first kappa shape index (κ1) is 19.4. The minimum atomic E-state index is -0.337. The summed E-state index contributed by atoms with van der Waals surface area (Å²) in [5.74, 6) is -0.333. The Labute approximate surface area is 172 Å². The van der Waals surface area contributed by atoms with Crippen LogP contribution in [-0.4, -0.2) is 34.8 Å². The fourth-order valence-corrected chi connectivity index (χ4v) is 3.95. The summed E-state index contributed by atoms with van der Waals surface area (Å²) >= 11 is 1.43. The Hall–Kier alpha value is -2.97. The highest BCUT2D eigenvalue weighted by atomic mass is 32.1. The van der Waals surface area contributed by atoms with Crippen molar-refractivity contribution in [3.63, 3.8) is 0 Å². The first-order valence-corrected chi connectivity index (χ1v) is 10.5. The van der Waals surface area contributed by atoms with Gasteiger partial charge in [-0.1, -0.05) is 6.42 Å². The topological polar surface area (TPSA) is 87.5 Å². The molecule has 2 N–H and O–H groups in total. The van der Waals surface area contributed by atoms with Gasteiger partial charge in [-0.25, -0.2) is 4.98 Å². The van der Waals surface area contributed by atoms with Crippen LogP contribution in [0.25, 0.3) is 0 Å². The van der Waals surface area contributed by atoms with E-state index >= 15 is 0 Å². The number of hydrogen-bond acceptors (Lipinski definition) is 6. The van der Waals surface area contributed by atoms with Crippen LogP contribution in [0.1, 0.15) is 45.9 Å². The van der Waals surface area contributed by atoms with Gasteiger partial charge in [-0.3, -0.25) is 19.8 Å². The average Bonchev–Trinajstić information content (AvgIpc) is 3.42. The van der Waals surface area contributed by atoms with Crippen LogP contribution in [0.4, 0.5) is 10.8 Å². The number of nitrogens with zero attached hydrogens (tertiary/aromatic N) is 2. The molecule has 1 aliphatic heterocycles. The van der Waals surface area contributed by atoms with Crippen LogP contribution in [0, 0.1) is 0 Å². The Morgan fingerprint density at radius 1 is 1.03 bits per heavy atom. The van der Waals surface area contributed by atoms with Crippen molar-refractivity contribution in [3.8, 4) is 0 Å². The third-order valence-corrected chi connectivity index (χ3v) is 5.56. The molecular weight excluding hydrogens is 388 g/mol. The number of thiazole rings is 1. The molecule has 3 aromatic rings. The number of aromatic nitrogens is 1. The average molecular weight is 410 g/mol. The smallest absolute Gasteiger partial charge is 0.291 e. The highest BCUT2D eigenvalue weighted by Crippen LogP contribution is 2.20. The van der Waals surface area contributed by atoms with Crippen molar-refractivity contribution in [3.05, 3.63) is 65.1 Å². The minimum absolute atomic E-state index is 0.229. The molecule has 0 spiro atoms. The SMILES string of the molecule is O=C(Nc1nc(CN2CCCCC2)cs1)c1ccc(NC(=O)c2ccco2)cc1. The number of benzene rings is 1. The number of amides is 2. The maximum absolute atomic E-state index is 12.5. The van der Waals surface area contributed by atoms with Crippen LogP contribution >= 0.6 is 11.3 Å². The molecule has 0 saturated carbocycles. The second kappa shape index (κ2) is 9.02. The number of carbonyl (C=O) groups excluding carboxylic acids is 2.